The van der Waals surface area contributed by atoms with Gasteiger partial charge in [-0.3, -0.25) is 14.4 Å². The second-order valence-electron chi connectivity index (χ2n) is 5.72. The van der Waals surface area contributed by atoms with Crippen molar-refractivity contribution in [3.8, 4) is 0 Å². The Labute approximate surface area is 137 Å². The van der Waals surface area contributed by atoms with Crippen LogP contribution in [0.15, 0.2) is 24.3 Å². The Morgan fingerprint density at radius 2 is 1.78 bits per heavy atom. The fraction of sp³-hybridized carbons (Fsp3) is 0.471. The van der Waals surface area contributed by atoms with Crippen LogP contribution in [0.25, 0.3) is 0 Å². The maximum atomic E-state index is 12.2. The number of rotatable bonds is 8. The third-order valence-corrected chi connectivity index (χ3v) is 3.70. The molecule has 0 saturated carbocycles. The number of ketones is 1. The second-order valence-corrected chi connectivity index (χ2v) is 5.72. The molecule has 0 aromatic heterocycles. The monoisotopic (exact) mass is 320 g/mol. The number of benzene rings is 1. The Bertz CT molecular complexity index is 555. The molecule has 0 spiro atoms. The molecule has 3 N–H and O–H groups in total. The lowest BCUT2D eigenvalue weighted by atomic mass is 10.1. The second kappa shape index (κ2) is 9.05. The highest BCUT2D eigenvalue weighted by Crippen LogP contribution is 2.10. The zero-order valence-electron chi connectivity index (χ0n) is 14.2. The van der Waals surface area contributed by atoms with Gasteiger partial charge in [-0.15, -0.1) is 0 Å². The van der Waals surface area contributed by atoms with E-state index in [0.29, 0.717) is 17.8 Å². The van der Waals surface area contributed by atoms with Crippen LogP contribution in [-0.2, 0) is 9.59 Å². The lowest BCUT2D eigenvalue weighted by Crippen LogP contribution is -3.15. The summed E-state index contributed by atoms with van der Waals surface area (Å²) >= 11 is 0. The van der Waals surface area contributed by atoms with E-state index in [4.69, 9.17) is 0 Å². The quantitative estimate of drug-likeness (QED) is 0.601. The summed E-state index contributed by atoms with van der Waals surface area (Å²) in [4.78, 5) is 36.0. The maximum absolute atomic E-state index is 12.2. The van der Waals surface area contributed by atoms with E-state index in [-0.39, 0.29) is 30.2 Å². The molecule has 1 unspecified atom stereocenters. The molecular formula is C17H26N3O3+. The third kappa shape index (κ3) is 6.20. The van der Waals surface area contributed by atoms with Gasteiger partial charge in [-0.2, -0.15) is 0 Å². The number of anilines is 1. The highest BCUT2D eigenvalue weighted by Gasteiger charge is 2.23. The highest BCUT2D eigenvalue weighted by molar-refractivity contribution is 5.96. The molecule has 0 saturated heterocycles. The molecule has 0 aliphatic rings. The fourth-order valence-corrected chi connectivity index (χ4v) is 2.00. The van der Waals surface area contributed by atoms with E-state index in [1.54, 1.807) is 31.2 Å². The summed E-state index contributed by atoms with van der Waals surface area (Å²) in [5.74, 6) is -0.241. The summed E-state index contributed by atoms with van der Waals surface area (Å²) in [5.41, 5.74) is 1.24. The molecule has 0 aliphatic carbocycles. The summed E-state index contributed by atoms with van der Waals surface area (Å²) in [6, 6.07) is 6.39. The fourth-order valence-electron chi connectivity index (χ4n) is 2.00. The molecule has 0 fully saturated rings. The van der Waals surface area contributed by atoms with Gasteiger partial charge in [0.15, 0.2) is 18.4 Å². The van der Waals surface area contributed by atoms with Crippen molar-refractivity contribution in [2.45, 2.75) is 33.2 Å². The van der Waals surface area contributed by atoms with Gasteiger partial charge in [0.2, 0.25) is 0 Å². The Kier molecular flexibility index (Phi) is 7.41. The van der Waals surface area contributed by atoms with Crippen LogP contribution in [0.1, 0.15) is 37.6 Å². The van der Waals surface area contributed by atoms with E-state index in [2.05, 4.69) is 10.6 Å². The Morgan fingerprint density at radius 3 is 2.30 bits per heavy atom. The predicted octanol–water partition coefficient (Wildman–Crippen LogP) is 0.257. The molecule has 6 heteroatoms. The first-order valence-electron chi connectivity index (χ1n) is 7.86. The van der Waals surface area contributed by atoms with Gasteiger partial charge in [0, 0.05) is 17.8 Å². The Hall–Kier alpha value is -2.21. The number of hydrogen-bond donors (Lipinski definition) is 3. The first-order valence-corrected chi connectivity index (χ1v) is 7.86. The van der Waals surface area contributed by atoms with Crippen LogP contribution in [0.4, 0.5) is 5.69 Å². The molecule has 0 aliphatic heterocycles. The molecule has 1 aromatic carbocycles. The summed E-state index contributed by atoms with van der Waals surface area (Å²) in [5, 5.41) is 5.60. The number of Topliss-reactive ketones (excluding diaryl/α,β-unsaturated/α-hetero) is 1. The number of hydrogen-bond acceptors (Lipinski definition) is 3. The summed E-state index contributed by atoms with van der Waals surface area (Å²) in [7, 11) is 1.81. The average molecular weight is 320 g/mol. The van der Waals surface area contributed by atoms with E-state index < -0.39 is 0 Å². The van der Waals surface area contributed by atoms with Gasteiger partial charge in [-0.1, -0.05) is 6.92 Å². The first kappa shape index (κ1) is 18.8. The topological polar surface area (TPSA) is 79.7 Å². The van der Waals surface area contributed by atoms with Gasteiger partial charge < -0.3 is 15.5 Å². The van der Waals surface area contributed by atoms with Crippen molar-refractivity contribution in [3.63, 3.8) is 0 Å². The normalized spacial score (nSPS) is 13.0. The standard InChI is InChI=1S/C17H25N3O3/c1-5-10-18-16(22)11-20(4)12(2)17(23)19-15-8-6-14(7-9-15)13(3)21/h6-9,12H,5,10-11H2,1-4H3,(H,18,22)(H,19,23)/p+1/t12-/m0/s1. The van der Waals surface area contributed by atoms with Crippen LogP contribution in [0.5, 0.6) is 0 Å². The first-order chi connectivity index (χ1) is 10.8. The van der Waals surface area contributed by atoms with Crippen molar-refractivity contribution >= 4 is 23.3 Å². The highest BCUT2D eigenvalue weighted by atomic mass is 16.2. The molecule has 6 nitrogen and oxygen atoms in total. The zero-order chi connectivity index (χ0) is 17.4. The van der Waals surface area contributed by atoms with Gasteiger partial charge in [0.1, 0.15) is 0 Å². The van der Waals surface area contributed by atoms with Gasteiger partial charge in [0.25, 0.3) is 11.8 Å². The van der Waals surface area contributed by atoms with E-state index >= 15 is 0 Å². The van der Waals surface area contributed by atoms with Gasteiger partial charge in [-0.25, -0.2) is 0 Å². The summed E-state index contributed by atoms with van der Waals surface area (Å²) in [6.07, 6.45) is 0.886. The average Bonchev–Trinajstić information content (AvgIpc) is 2.52. The largest absolute Gasteiger partial charge is 0.351 e. The van der Waals surface area contributed by atoms with Crippen molar-refractivity contribution in [3.05, 3.63) is 29.8 Å². The molecule has 1 rings (SSSR count). The van der Waals surface area contributed by atoms with Crippen molar-refractivity contribution < 1.29 is 19.3 Å². The lowest BCUT2D eigenvalue weighted by Gasteiger charge is -2.20. The molecule has 2 atom stereocenters. The Morgan fingerprint density at radius 1 is 1.17 bits per heavy atom. The molecule has 1 aromatic rings. The SMILES string of the molecule is CCCNC(=O)C[NH+](C)[C@@H](C)C(=O)Nc1ccc(C(C)=O)cc1. The maximum Gasteiger partial charge on any atom is 0.282 e. The molecule has 0 heterocycles. The van der Waals surface area contributed by atoms with Crippen LogP contribution in [0.3, 0.4) is 0 Å². The third-order valence-electron chi connectivity index (χ3n) is 3.70. The van der Waals surface area contributed by atoms with Crippen LogP contribution in [-0.4, -0.2) is 43.8 Å². The van der Waals surface area contributed by atoms with E-state index in [1.165, 1.54) is 6.92 Å². The smallest absolute Gasteiger partial charge is 0.282 e. The van der Waals surface area contributed by atoms with Gasteiger partial charge >= 0.3 is 0 Å². The molecule has 23 heavy (non-hydrogen) atoms. The molecule has 0 bridgehead atoms. The molecule has 126 valence electrons. The van der Waals surface area contributed by atoms with Crippen molar-refractivity contribution in [1.29, 1.82) is 0 Å². The van der Waals surface area contributed by atoms with Crippen LogP contribution < -0.4 is 15.5 Å². The number of nitrogens with one attached hydrogen (secondary N) is 3. The van der Waals surface area contributed by atoms with Crippen LogP contribution in [0, 0.1) is 0 Å². The van der Waals surface area contributed by atoms with Gasteiger partial charge in [-0.05, 0) is 44.5 Å². The minimum atomic E-state index is -0.366. The minimum absolute atomic E-state index is 0.0153. The minimum Gasteiger partial charge on any atom is -0.351 e. The van der Waals surface area contributed by atoms with E-state index in [9.17, 15) is 14.4 Å². The predicted molar refractivity (Wildman–Crippen MR) is 89.6 cm³/mol. The van der Waals surface area contributed by atoms with E-state index in [1.807, 2.05) is 14.0 Å². The van der Waals surface area contributed by atoms with Crippen molar-refractivity contribution in [2.24, 2.45) is 0 Å². The van der Waals surface area contributed by atoms with Crippen LogP contribution in [0.2, 0.25) is 0 Å². The Balaban J connectivity index is 2.55. The van der Waals surface area contributed by atoms with Crippen molar-refractivity contribution in [2.75, 3.05) is 25.5 Å². The molecule has 0 radical (unpaired) electrons. The lowest BCUT2D eigenvalue weighted by molar-refractivity contribution is -0.885. The molecule has 2 amide bonds. The number of carbonyl (C=O) groups excluding carboxylic acids is 3. The summed E-state index contributed by atoms with van der Waals surface area (Å²) in [6.45, 7) is 6.16. The molecular weight excluding hydrogens is 294 g/mol. The zero-order valence-corrected chi connectivity index (χ0v) is 14.2. The van der Waals surface area contributed by atoms with Crippen LogP contribution >= 0.6 is 0 Å². The number of carbonyl (C=O) groups is 3. The van der Waals surface area contributed by atoms with E-state index in [0.717, 1.165) is 11.3 Å². The summed E-state index contributed by atoms with van der Waals surface area (Å²) < 4.78 is 0. The van der Waals surface area contributed by atoms with Crippen molar-refractivity contribution in [1.82, 2.24) is 5.32 Å². The van der Waals surface area contributed by atoms with Gasteiger partial charge in [0.05, 0.1) is 7.05 Å². The number of amides is 2. The number of quaternary nitrogens is 1. The number of likely N-dealkylation sites (N-methyl/N-ethyl adjacent to an activating group) is 1.